The van der Waals surface area contributed by atoms with E-state index in [1.165, 1.54) is 6.20 Å². The molecule has 0 atom stereocenters. The van der Waals surface area contributed by atoms with E-state index < -0.39 is 0 Å². The molecule has 0 fully saturated rings. The molecule has 2 aromatic heterocycles. The van der Waals surface area contributed by atoms with Crippen molar-refractivity contribution in [1.82, 2.24) is 4.98 Å². The molecule has 1 amide bonds. The normalized spacial score (nSPS) is 9.93. The number of thiophene rings is 1. The first-order chi connectivity index (χ1) is 7.25. The number of hydrogen-bond donors (Lipinski definition) is 1. The molecule has 0 unspecified atom stereocenters. The van der Waals surface area contributed by atoms with E-state index in [9.17, 15) is 4.79 Å². The molecular formula is C10H7BrN2OS. The average molecular weight is 283 g/mol. The van der Waals surface area contributed by atoms with Crippen LogP contribution in [0.5, 0.6) is 0 Å². The van der Waals surface area contributed by atoms with Crippen LogP contribution < -0.4 is 5.32 Å². The number of hydrogen-bond acceptors (Lipinski definition) is 3. The Morgan fingerprint density at radius 1 is 1.40 bits per heavy atom. The van der Waals surface area contributed by atoms with Crippen molar-refractivity contribution in [2.24, 2.45) is 0 Å². The zero-order chi connectivity index (χ0) is 10.7. The zero-order valence-corrected chi connectivity index (χ0v) is 10.0. The molecule has 2 heterocycles. The highest BCUT2D eigenvalue weighted by Crippen LogP contribution is 2.13. The van der Waals surface area contributed by atoms with Crippen molar-refractivity contribution < 1.29 is 4.79 Å². The van der Waals surface area contributed by atoms with Crippen LogP contribution in [0.4, 0.5) is 5.69 Å². The number of amides is 1. The van der Waals surface area contributed by atoms with Gasteiger partial charge in [-0.05, 0) is 39.5 Å². The number of carbonyl (C=O) groups excluding carboxylic acids is 1. The van der Waals surface area contributed by atoms with Gasteiger partial charge in [0.1, 0.15) is 4.60 Å². The lowest BCUT2D eigenvalue weighted by Gasteiger charge is -2.01. The van der Waals surface area contributed by atoms with Crippen LogP contribution in [-0.2, 0) is 0 Å². The van der Waals surface area contributed by atoms with Crippen molar-refractivity contribution >= 4 is 38.9 Å². The summed E-state index contributed by atoms with van der Waals surface area (Å²) in [6, 6.07) is 5.32. The van der Waals surface area contributed by atoms with Crippen molar-refractivity contribution in [2.45, 2.75) is 0 Å². The highest BCUT2D eigenvalue weighted by Gasteiger charge is 2.05. The van der Waals surface area contributed by atoms with Gasteiger partial charge in [0.2, 0.25) is 0 Å². The molecule has 1 N–H and O–H groups in total. The number of rotatable bonds is 2. The Morgan fingerprint density at radius 3 is 2.87 bits per heavy atom. The fraction of sp³-hybridized carbons (Fsp3) is 0. The van der Waals surface area contributed by atoms with Gasteiger partial charge in [-0.2, -0.15) is 11.3 Å². The topological polar surface area (TPSA) is 42.0 Å². The molecule has 0 spiro atoms. The second-order valence-corrected chi connectivity index (χ2v) is 4.43. The van der Waals surface area contributed by atoms with E-state index in [1.54, 1.807) is 23.5 Å². The fourth-order valence-electron chi connectivity index (χ4n) is 1.05. The first-order valence-corrected chi connectivity index (χ1v) is 5.94. The van der Waals surface area contributed by atoms with Gasteiger partial charge >= 0.3 is 0 Å². The van der Waals surface area contributed by atoms with Gasteiger partial charge in [0.05, 0.1) is 11.3 Å². The summed E-state index contributed by atoms with van der Waals surface area (Å²) in [5, 5.41) is 6.57. The monoisotopic (exact) mass is 282 g/mol. The van der Waals surface area contributed by atoms with E-state index in [4.69, 9.17) is 0 Å². The van der Waals surface area contributed by atoms with Gasteiger partial charge in [-0.3, -0.25) is 4.79 Å². The zero-order valence-electron chi connectivity index (χ0n) is 7.61. The predicted molar refractivity (Wildman–Crippen MR) is 64.2 cm³/mol. The quantitative estimate of drug-likeness (QED) is 0.860. The van der Waals surface area contributed by atoms with Crippen LogP contribution in [0.25, 0.3) is 0 Å². The van der Waals surface area contributed by atoms with E-state index in [0.717, 1.165) is 10.3 Å². The van der Waals surface area contributed by atoms with E-state index in [-0.39, 0.29) is 5.91 Å². The Labute approximate surface area is 99.3 Å². The maximum absolute atomic E-state index is 11.7. The highest BCUT2D eigenvalue weighted by atomic mass is 79.9. The maximum atomic E-state index is 11.7. The Hall–Kier alpha value is -1.20. The van der Waals surface area contributed by atoms with Gasteiger partial charge in [-0.15, -0.1) is 0 Å². The SMILES string of the molecule is O=C(Nc1ccsc1)c1ccc(Br)nc1. The molecule has 0 aromatic carbocycles. The van der Waals surface area contributed by atoms with Gasteiger partial charge in [-0.1, -0.05) is 0 Å². The molecule has 0 bridgehead atoms. The minimum atomic E-state index is -0.145. The van der Waals surface area contributed by atoms with Crippen LogP contribution in [0.2, 0.25) is 0 Å². The van der Waals surface area contributed by atoms with E-state index >= 15 is 0 Å². The number of nitrogens with zero attached hydrogens (tertiary/aromatic N) is 1. The molecule has 2 aromatic rings. The second-order valence-electron chi connectivity index (χ2n) is 2.84. The first kappa shape index (κ1) is 10.3. The van der Waals surface area contributed by atoms with Crippen molar-refractivity contribution in [1.29, 1.82) is 0 Å². The Morgan fingerprint density at radius 2 is 2.27 bits per heavy atom. The Bertz CT molecular complexity index is 453. The number of anilines is 1. The van der Waals surface area contributed by atoms with Gasteiger partial charge in [0, 0.05) is 11.6 Å². The lowest BCUT2D eigenvalue weighted by molar-refractivity contribution is 0.102. The van der Waals surface area contributed by atoms with Crippen LogP contribution in [0.3, 0.4) is 0 Å². The lowest BCUT2D eigenvalue weighted by atomic mass is 10.2. The molecule has 0 aliphatic heterocycles. The van der Waals surface area contributed by atoms with Crippen molar-refractivity contribution in [3.63, 3.8) is 0 Å². The van der Waals surface area contributed by atoms with E-state index in [0.29, 0.717) is 5.56 Å². The maximum Gasteiger partial charge on any atom is 0.257 e. The minimum Gasteiger partial charge on any atom is -0.321 e. The summed E-state index contributed by atoms with van der Waals surface area (Å²) in [6.45, 7) is 0. The van der Waals surface area contributed by atoms with Crippen molar-refractivity contribution in [3.8, 4) is 0 Å². The average Bonchev–Trinajstić information content (AvgIpc) is 2.71. The third kappa shape index (κ3) is 2.64. The molecule has 0 saturated carbocycles. The number of aromatic nitrogens is 1. The summed E-state index contributed by atoms with van der Waals surface area (Å²) in [4.78, 5) is 15.6. The minimum absolute atomic E-state index is 0.145. The van der Waals surface area contributed by atoms with Gasteiger partial charge < -0.3 is 5.32 Å². The van der Waals surface area contributed by atoms with Crippen LogP contribution >= 0.6 is 27.3 Å². The van der Waals surface area contributed by atoms with Crippen LogP contribution in [-0.4, -0.2) is 10.9 Å². The Kier molecular flexibility index (Phi) is 3.13. The standard InChI is InChI=1S/C10H7BrN2OS/c11-9-2-1-7(5-12-9)10(14)13-8-3-4-15-6-8/h1-6H,(H,13,14). The second kappa shape index (κ2) is 4.55. The summed E-state index contributed by atoms with van der Waals surface area (Å²) in [7, 11) is 0. The van der Waals surface area contributed by atoms with E-state index in [2.05, 4.69) is 26.2 Å². The molecule has 2 rings (SSSR count). The largest absolute Gasteiger partial charge is 0.321 e. The number of nitrogens with one attached hydrogen (secondary N) is 1. The van der Waals surface area contributed by atoms with Crippen molar-refractivity contribution in [2.75, 3.05) is 5.32 Å². The molecule has 5 heteroatoms. The molecule has 0 aliphatic rings. The highest BCUT2D eigenvalue weighted by molar-refractivity contribution is 9.10. The van der Waals surface area contributed by atoms with E-state index in [1.807, 2.05) is 16.8 Å². The molecule has 0 saturated heterocycles. The van der Waals surface area contributed by atoms with Gasteiger partial charge in [0.15, 0.2) is 0 Å². The first-order valence-electron chi connectivity index (χ1n) is 4.21. The predicted octanol–water partition coefficient (Wildman–Crippen LogP) is 3.16. The Balaban J connectivity index is 2.11. The molecule has 15 heavy (non-hydrogen) atoms. The van der Waals surface area contributed by atoms with Crippen LogP contribution in [0, 0.1) is 0 Å². The smallest absolute Gasteiger partial charge is 0.257 e. The number of carbonyl (C=O) groups is 1. The molecule has 0 radical (unpaired) electrons. The third-order valence-electron chi connectivity index (χ3n) is 1.77. The molecular weight excluding hydrogens is 276 g/mol. The van der Waals surface area contributed by atoms with Crippen LogP contribution in [0.15, 0.2) is 39.8 Å². The fourth-order valence-corrected chi connectivity index (χ4v) is 1.87. The van der Waals surface area contributed by atoms with Gasteiger partial charge in [-0.25, -0.2) is 4.98 Å². The van der Waals surface area contributed by atoms with Crippen LogP contribution in [0.1, 0.15) is 10.4 Å². The third-order valence-corrected chi connectivity index (χ3v) is 2.92. The summed E-state index contributed by atoms with van der Waals surface area (Å²) in [5.41, 5.74) is 1.36. The summed E-state index contributed by atoms with van der Waals surface area (Å²) >= 11 is 4.76. The van der Waals surface area contributed by atoms with Gasteiger partial charge in [0.25, 0.3) is 5.91 Å². The number of halogens is 1. The number of pyridine rings is 1. The summed E-state index contributed by atoms with van der Waals surface area (Å²) < 4.78 is 0.717. The summed E-state index contributed by atoms with van der Waals surface area (Å²) in [6.07, 6.45) is 1.53. The molecule has 0 aliphatic carbocycles. The lowest BCUT2D eigenvalue weighted by Crippen LogP contribution is -2.11. The molecule has 76 valence electrons. The molecule has 3 nitrogen and oxygen atoms in total. The van der Waals surface area contributed by atoms with Crippen molar-refractivity contribution in [3.05, 3.63) is 45.3 Å². The summed E-state index contributed by atoms with van der Waals surface area (Å²) in [5.74, 6) is -0.145.